The largest absolute Gasteiger partial charge is 0.497 e. The molecule has 1 N–H and O–H groups in total. The van der Waals surface area contributed by atoms with E-state index in [1.54, 1.807) is 12.1 Å². The van der Waals surface area contributed by atoms with Crippen molar-refractivity contribution in [3.63, 3.8) is 0 Å². The van der Waals surface area contributed by atoms with E-state index in [0.29, 0.717) is 31.7 Å². The summed E-state index contributed by atoms with van der Waals surface area (Å²) in [6, 6.07) is 16.0. The number of fused-ring (bicyclic) bond motifs is 1. The van der Waals surface area contributed by atoms with Crippen LogP contribution in [0.2, 0.25) is 0 Å². The van der Waals surface area contributed by atoms with E-state index in [4.69, 9.17) is 14.2 Å². The number of β-amino-alcohol motifs (C(OH)–C–C–N with tert-alkyl or cyclic N) is 1. The second-order valence-electron chi connectivity index (χ2n) is 10.3. The standard InChI is InChI=1S/C28H37N3O7S/c1-36-23-8-5-9-25(16-23)39(34,35)31-18-22(32)19-37-20-27-26(31)11-10-24(38-27)17-28(33)30-14-12-29(13-15-30)21-6-3-2-4-7-21/h2-9,16,22,24,26-27,32H,10-15,17-20H2,1H3/t22-,24-,26+,27-/m1/s1. The van der Waals surface area contributed by atoms with Crippen LogP contribution in [0.5, 0.6) is 5.75 Å². The maximum absolute atomic E-state index is 13.7. The third-order valence-electron chi connectivity index (χ3n) is 7.74. The van der Waals surface area contributed by atoms with Gasteiger partial charge in [-0.15, -0.1) is 0 Å². The summed E-state index contributed by atoms with van der Waals surface area (Å²) in [6.45, 7) is 2.91. The second-order valence-corrected chi connectivity index (χ2v) is 12.2. The fraction of sp³-hybridized carbons (Fsp3) is 0.536. The summed E-state index contributed by atoms with van der Waals surface area (Å²) in [7, 11) is -2.46. The number of anilines is 1. The molecule has 2 aromatic rings. The lowest BCUT2D eigenvalue weighted by Gasteiger charge is -2.44. The maximum Gasteiger partial charge on any atom is 0.243 e. The van der Waals surface area contributed by atoms with Gasteiger partial charge in [0.2, 0.25) is 15.9 Å². The molecule has 3 heterocycles. The molecule has 3 saturated heterocycles. The van der Waals surface area contributed by atoms with Crippen LogP contribution in [0.4, 0.5) is 5.69 Å². The maximum atomic E-state index is 13.7. The van der Waals surface area contributed by atoms with Crippen LogP contribution in [0.25, 0.3) is 0 Å². The summed E-state index contributed by atoms with van der Waals surface area (Å²) >= 11 is 0. The van der Waals surface area contributed by atoms with Crippen molar-refractivity contribution in [1.29, 1.82) is 0 Å². The Hall–Kier alpha value is -2.70. The van der Waals surface area contributed by atoms with Crippen molar-refractivity contribution in [2.75, 3.05) is 57.9 Å². The van der Waals surface area contributed by atoms with Crippen molar-refractivity contribution in [1.82, 2.24) is 9.21 Å². The number of nitrogens with zero attached hydrogens (tertiary/aromatic N) is 3. The fourth-order valence-corrected chi connectivity index (χ4v) is 7.40. The average molecular weight is 560 g/mol. The number of rotatable bonds is 6. The summed E-state index contributed by atoms with van der Waals surface area (Å²) < 4.78 is 46.0. The molecular formula is C28H37N3O7S. The van der Waals surface area contributed by atoms with Gasteiger partial charge in [0, 0.05) is 44.5 Å². The number of aliphatic hydroxyl groups excluding tert-OH is 1. The predicted molar refractivity (Wildman–Crippen MR) is 145 cm³/mol. The zero-order chi connectivity index (χ0) is 27.4. The molecule has 10 nitrogen and oxygen atoms in total. The highest BCUT2D eigenvalue weighted by molar-refractivity contribution is 7.89. The molecule has 4 atom stereocenters. The fourth-order valence-electron chi connectivity index (χ4n) is 5.64. The van der Waals surface area contributed by atoms with E-state index in [0.717, 1.165) is 18.8 Å². The van der Waals surface area contributed by atoms with Crippen LogP contribution in [0.3, 0.4) is 0 Å². The highest BCUT2D eigenvalue weighted by Gasteiger charge is 2.43. The van der Waals surface area contributed by atoms with E-state index < -0.39 is 28.3 Å². The Morgan fingerprint density at radius 3 is 2.54 bits per heavy atom. The van der Waals surface area contributed by atoms with Crippen LogP contribution in [-0.2, 0) is 24.3 Å². The monoisotopic (exact) mass is 559 g/mol. The first kappa shape index (κ1) is 27.9. The van der Waals surface area contributed by atoms with Gasteiger partial charge in [0.15, 0.2) is 0 Å². The number of ether oxygens (including phenoxy) is 3. The first-order valence-corrected chi connectivity index (χ1v) is 14.9. The molecule has 1 amide bonds. The topological polar surface area (TPSA) is 109 Å². The number of para-hydroxylation sites is 1. The molecule has 3 aliphatic heterocycles. The van der Waals surface area contributed by atoms with Gasteiger partial charge in [0.25, 0.3) is 0 Å². The van der Waals surface area contributed by atoms with Gasteiger partial charge in [-0.3, -0.25) is 4.79 Å². The minimum atomic E-state index is -3.95. The Bertz CT molecular complexity index is 1220. The molecule has 212 valence electrons. The number of carbonyl (C=O) groups excluding carboxylic acids is 1. The molecule has 0 bridgehead atoms. The molecule has 11 heteroatoms. The molecule has 0 unspecified atom stereocenters. The van der Waals surface area contributed by atoms with Crippen LogP contribution in [-0.4, -0.2) is 106 Å². The Morgan fingerprint density at radius 1 is 1.03 bits per heavy atom. The minimum absolute atomic E-state index is 0.00595. The molecule has 0 aliphatic carbocycles. The van der Waals surface area contributed by atoms with Gasteiger partial charge in [-0.05, 0) is 37.1 Å². The van der Waals surface area contributed by atoms with Gasteiger partial charge in [0.1, 0.15) is 5.75 Å². The number of hydrogen-bond donors (Lipinski definition) is 1. The van der Waals surface area contributed by atoms with Crippen LogP contribution in [0, 0.1) is 0 Å². The molecule has 3 aliphatic rings. The molecule has 39 heavy (non-hydrogen) atoms. The van der Waals surface area contributed by atoms with Gasteiger partial charge < -0.3 is 29.1 Å². The summed E-state index contributed by atoms with van der Waals surface area (Å²) in [5.41, 5.74) is 1.16. The molecule has 0 spiro atoms. The van der Waals surface area contributed by atoms with E-state index in [-0.39, 0.29) is 43.1 Å². The summed E-state index contributed by atoms with van der Waals surface area (Å²) in [5.74, 6) is 0.487. The van der Waals surface area contributed by atoms with Crippen LogP contribution < -0.4 is 9.64 Å². The lowest BCUT2D eigenvalue weighted by Crippen LogP contribution is -2.57. The zero-order valence-electron chi connectivity index (χ0n) is 22.2. The smallest absolute Gasteiger partial charge is 0.243 e. The van der Waals surface area contributed by atoms with Gasteiger partial charge >= 0.3 is 0 Å². The van der Waals surface area contributed by atoms with Crippen LogP contribution >= 0.6 is 0 Å². The normalized spacial score (nSPS) is 26.8. The molecule has 0 radical (unpaired) electrons. The average Bonchev–Trinajstić information content (AvgIpc) is 2.96. The number of sulfonamides is 1. The number of methoxy groups -OCH3 is 1. The molecule has 3 fully saturated rings. The Labute approximate surface area is 230 Å². The van der Waals surface area contributed by atoms with Crippen LogP contribution in [0.15, 0.2) is 59.5 Å². The molecular weight excluding hydrogens is 522 g/mol. The van der Waals surface area contributed by atoms with Crippen molar-refractivity contribution in [3.05, 3.63) is 54.6 Å². The van der Waals surface area contributed by atoms with Gasteiger partial charge in [-0.2, -0.15) is 4.31 Å². The Balaban J connectivity index is 1.23. The van der Waals surface area contributed by atoms with E-state index in [1.165, 1.54) is 23.5 Å². The molecule has 0 saturated carbocycles. The molecule has 5 rings (SSSR count). The van der Waals surface area contributed by atoms with E-state index in [1.807, 2.05) is 23.1 Å². The summed E-state index contributed by atoms with van der Waals surface area (Å²) in [6.07, 6.45) is -0.527. The van der Waals surface area contributed by atoms with Crippen LogP contribution in [0.1, 0.15) is 19.3 Å². The lowest BCUT2D eigenvalue weighted by atomic mass is 9.96. The summed E-state index contributed by atoms with van der Waals surface area (Å²) in [4.78, 5) is 17.4. The third-order valence-corrected chi connectivity index (χ3v) is 9.62. The van der Waals surface area contributed by atoms with Crippen molar-refractivity contribution >= 4 is 21.6 Å². The van der Waals surface area contributed by atoms with Crippen molar-refractivity contribution in [2.24, 2.45) is 0 Å². The number of piperazine rings is 1. The lowest BCUT2D eigenvalue weighted by molar-refractivity contribution is -0.151. The Kier molecular flexibility index (Phi) is 8.73. The quantitative estimate of drug-likeness (QED) is 0.570. The highest BCUT2D eigenvalue weighted by atomic mass is 32.2. The number of carbonyl (C=O) groups is 1. The predicted octanol–water partition coefficient (Wildman–Crippen LogP) is 1.73. The van der Waals surface area contributed by atoms with Gasteiger partial charge in [0.05, 0.1) is 56.0 Å². The molecule has 2 aromatic carbocycles. The van der Waals surface area contributed by atoms with E-state index >= 15 is 0 Å². The van der Waals surface area contributed by atoms with Gasteiger partial charge in [-0.1, -0.05) is 24.3 Å². The first-order valence-electron chi connectivity index (χ1n) is 13.5. The van der Waals surface area contributed by atoms with Crippen molar-refractivity contribution < 1.29 is 32.5 Å². The molecule has 0 aromatic heterocycles. The summed E-state index contributed by atoms with van der Waals surface area (Å²) in [5, 5.41) is 10.4. The van der Waals surface area contributed by atoms with E-state index in [2.05, 4.69) is 17.0 Å². The number of aliphatic hydroxyl groups is 1. The SMILES string of the molecule is COc1cccc(S(=O)(=O)N2C[C@@H](O)COC[C@H]3O[C@@H](CC(=O)N4CCN(c5ccccc5)CC4)CC[C@@H]32)c1. The Morgan fingerprint density at radius 2 is 1.79 bits per heavy atom. The van der Waals surface area contributed by atoms with E-state index in [9.17, 15) is 18.3 Å². The van der Waals surface area contributed by atoms with Crippen molar-refractivity contribution in [3.8, 4) is 5.75 Å². The van der Waals surface area contributed by atoms with Gasteiger partial charge in [-0.25, -0.2) is 8.42 Å². The second kappa shape index (κ2) is 12.2. The minimum Gasteiger partial charge on any atom is -0.497 e. The number of benzene rings is 2. The number of hydrogen-bond acceptors (Lipinski definition) is 8. The zero-order valence-corrected chi connectivity index (χ0v) is 23.0. The first-order chi connectivity index (χ1) is 18.8. The number of amides is 1. The van der Waals surface area contributed by atoms with Crippen molar-refractivity contribution in [2.45, 2.75) is 48.5 Å². The highest BCUT2D eigenvalue weighted by Crippen LogP contribution is 2.32. The third kappa shape index (κ3) is 6.38.